The number of hydrogen-bond acceptors (Lipinski definition) is 7. The van der Waals surface area contributed by atoms with Crippen molar-refractivity contribution in [1.82, 2.24) is 9.97 Å². The molecule has 5 heterocycles. The monoisotopic (exact) mass is 468 g/mol. The average molecular weight is 469 g/mol. The van der Waals surface area contributed by atoms with E-state index in [1.807, 2.05) is 24.5 Å². The predicted octanol–water partition coefficient (Wildman–Crippen LogP) is 3.17. The number of nitrogens with one attached hydrogen (secondary N) is 1. The summed E-state index contributed by atoms with van der Waals surface area (Å²) in [5.74, 6) is 0.744. The van der Waals surface area contributed by atoms with Gasteiger partial charge in [0.25, 0.3) is 5.91 Å². The lowest BCUT2D eigenvalue weighted by atomic mass is 9.93. The Bertz CT molecular complexity index is 1260. The lowest BCUT2D eigenvalue weighted by Gasteiger charge is -2.31. The largest absolute Gasteiger partial charge is 0.378 e. The summed E-state index contributed by atoms with van der Waals surface area (Å²) >= 11 is 0. The van der Waals surface area contributed by atoms with Gasteiger partial charge in [-0.1, -0.05) is 12.1 Å². The highest BCUT2D eigenvalue weighted by molar-refractivity contribution is 6.49. The fourth-order valence-electron chi connectivity index (χ4n) is 4.72. The number of carbonyl (C=O) groups excluding carboxylic acids is 1. The summed E-state index contributed by atoms with van der Waals surface area (Å²) in [6, 6.07) is 12.3. The molecule has 0 bridgehead atoms. The fourth-order valence-corrected chi connectivity index (χ4v) is 4.72. The highest BCUT2D eigenvalue weighted by Gasteiger charge is 2.22. The van der Waals surface area contributed by atoms with Gasteiger partial charge in [-0.3, -0.25) is 14.8 Å². The lowest BCUT2D eigenvalue weighted by molar-refractivity contribution is -0.110. The molecule has 8 heteroatoms. The number of hydrogen-bond donors (Lipinski definition) is 1. The molecule has 0 spiro atoms. The van der Waals surface area contributed by atoms with Crippen LogP contribution < -0.4 is 15.1 Å². The van der Waals surface area contributed by atoms with Gasteiger partial charge in [-0.05, 0) is 48.2 Å². The third-order valence-corrected chi connectivity index (χ3v) is 6.85. The van der Waals surface area contributed by atoms with E-state index in [-0.39, 0.29) is 5.91 Å². The van der Waals surface area contributed by atoms with Crippen LogP contribution >= 0.6 is 0 Å². The second-order valence-electron chi connectivity index (χ2n) is 9.08. The second-order valence-corrected chi connectivity index (χ2v) is 9.08. The van der Waals surface area contributed by atoms with Gasteiger partial charge >= 0.3 is 0 Å². The molecule has 178 valence electrons. The number of anilines is 3. The van der Waals surface area contributed by atoms with E-state index in [1.165, 1.54) is 6.42 Å². The van der Waals surface area contributed by atoms with E-state index < -0.39 is 0 Å². The number of morpholine rings is 1. The van der Waals surface area contributed by atoms with Crippen LogP contribution in [0.2, 0.25) is 0 Å². The lowest BCUT2D eigenvalue weighted by Crippen LogP contribution is -2.37. The van der Waals surface area contributed by atoms with Crippen LogP contribution in [-0.4, -0.2) is 67.5 Å². The van der Waals surface area contributed by atoms with E-state index in [0.717, 1.165) is 79.6 Å². The highest BCUT2D eigenvalue weighted by Crippen LogP contribution is 2.28. The van der Waals surface area contributed by atoms with Crippen LogP contribution in [0.5, 0.6) is 0 Å². The third-order valence-electron chi connectivity index (χ3n) is 6.85. The van der Waals surface area contributed by atoms with Crippen molar-refractivity contribution >= 4 is 28.8 Å². The zero-order valence-corrected chi connectivity index (χ0v) is 19.6. The Morgan fingerprint density at radius 1 is 0.914 bits per heavy atom. The van der Waals surface area contributed by atoms with Crippen molar-refractivity contribution in [3.05, 3.63) is 66.1 Å². The third kappa shape index (κ3) is 4.49. The van der Waals surface area contributed by atoms with Gasteiger partial charge in [0.15, 0.2) is 0 Å². The Labute approximate surface area is 204 Å². The first kappa shape index (κ1) is 21.7. The summed E-state index contributed by atoms with van der Waals surface area (Å²) in [6.45, 7) is 5.87. The first-order valence-corrected chi connectivity index (χ1v) is 12.2. The molecular formula is C27H28N6O2. The van der Waals surface area contributed by atoms with E-state index in [2.05, 4.69) is 54.3 Å². The maximum atomic E-state index is 13.2. The minimum absolute atomic E-state index is 0.207. The van der Waals surface area contributed by atoms with Crippen LogP contribution in [0.3, 0.4) is 0 Å². The zero-order chi connectivity index (χ0) is 23.6. The Morgan fingerprint density at radius 3 is 2.57 bits per heavy atom. The maximum absolute atomic E-state index is 13.2. The van der Waals surface area contributed by atoms with Crippen molar-refractivity contribution < 1.29 is 9.53 Å². The minimum atomic E-state index is -0.207. The number of nitrogens with zero attached hydrogens (tertiary/aromatic N) is 5. The SMILES string of the molecule is O=C(Nc1ccc(N2CCC2)nc1)C1=NCCc2ccc(-c3cncc(N4CCOCC4)c3)cc21. The Morgan fingerprint density at radius 2 is 1.80 bits per heavy atom. The highest BCUT2D eigenvalue weighted by atomic mass is 16.5. The molecule has 1 N–H and O–H groups in total. The molecule has 3 aliphatic heterocycles. The van der Waals surface area contributed by atoms with Crippen LogP contribution in [0.1, 0.15) is 17.5 Å². The first-order valence-electron chi connectivity index (χ1n) is 12.2. The smallest absolute Gasteiger partial charge is 0.274 e. The molecule has 3 aromatic rings. The number of carbonyl (C=O) groups is 1. The van der Waals surface area contributed by atoms with Crippen molar-refractivity contribution in [2.24, 2.45) is 4.99 Å². The Hall–Kier alpha value is -3.78. The normalized spacial score (nSPS) is 17.3. The van der Waals surface area contributed by atoms with Crippen molar-refractivity contribution in [3.63, 3.8) is 0 Å². The van der Waals surface area contributed by atoms with Crippen LogP contribution in [0.15, 0.2) is 60.0 Å². The molecule has 0 radical (unpaired) electrons. The summed E-state index contributed by atoms with van der Waals surface area (Å²) in [7, 11) is 0. The summed E-state index contributed by atoms with van der Waals surface area (Å²) in [4.78, 5) is 31.3. The van der Waals surface area contributed by atoms with Crippen molar-refractivity contribution in [2.45, 2.75) is 12.8 Å². The quantitative estimate of drug-likeness (QED) is 0.619. The molecule has 0 atom stereocenters. The molecule has 0 unspecified atom stereocenters. The molecule has 8 nitrogen and oxygen atoms in total. The molecule has 6 rings (SSSR count). The number of fused-ring (bicyclic) bond motifs is 1. The van der Waals surface area contributed by atoms with Gasteiger partial charge in [-0.2, -0.15) is 0 Å². The van der Waals surface area contributed by atoms with Crippen molar-refractivity contribution in [3.8, 4) is 11.1 Å². The minimum Gasteiger partial charge on any atom is -0.378 e. The van der Waals surface area contributed by atoms with E-state index >= 15 is 0 Å². The number of aliphatic imine (C=N–C) groups is 1. The number of ether oxygens (including phenoxy) is 1. The molecule has 1 amide bonds. The summed E-state index contributed by atoms with van der Waals surface area (Å²) in [5.41, 5.74) is 6.29. The molecule has 2 saturated heterocycles. The molecule has 1 aromatic carbocycles. The predicted molar refractivity (Wildman–Crippen MR) is 138 cm³/mol. The standard InChI is InChI=1S/C27H28N6O2/c34-27(31-22-4-5-25(30-17-22)33-8-1-9-33)26-24-15-20(3-2-19(24)6-7-29-26)21-14-23(18-28-16-21)32-10-12-35-13-11-32/h2-5,14-18H,1,6-13H2,(H,31,34). The Balaban J connectivity index is 1.23. The van der Waals surface area contributed by atoms with Crippen LogP contribution in [0.4, 0.5) is 17.2 Å². The summed E-state index contributed by atoms with van der Waals surface area (Å²) < 4.78 is 5.48. The van der Waals surface area contributed by atoms with Gasteiger partial charge in [0.2, 0.25) is 0 Å². The molecule has 0 aliphatic carbocycles. The topological polar surface area (TPSA) is 83.0 Å². The first-order chi connectivity index (χ1) is 17.2. The number of benzene rings is 1. The van der Waals surface area contributed by atoms with E-state index in [4.69, 9.17) is 4.74 Å². The number of aromatic nitrogens is 2. The molecule has 2 aromatic heterocycles. The molecule has 3 aliphatic rings. The van der Waals surface area contributed by atoms with E-state index in [0.29, 0.717) is 17.9 Å². The summed E-state index contributed by atoms with van der Waals surface area (Å²) in [6.07, 6.45) is 7.51. The van der Waals surface area contributed by atoms with Crippen LogP contribution in [0.25, 0.3) is 11.1 Å². The molecule has 35 heavy (non-hydrogen) atoms. The number of amides is 1. The second kappa shape index (κ2) is 9.46. The van der Waals surface area contributed by atoms with Gasteiger partial charge in [-0.15, -0.1) is 0 Å². The Kier molecular flexibility index (Phi) is 5.88. The van der Waals surface area contributed by atoms with Crippen LogP contribution in [-0.2, 0) is 16.0 Å². The molecular weight excluding hydrogens is 440 g/mol. The number of pyridine rings is 2. The van der Waals surface area contributed by atoms with Crippen LogP contribution in [0, 0.1) is 0 Å². The van der Waals surface area contributed by atoms with E-state index in [1.54, 1.807) is 6.20 Å². The molecule has 0 saturated carbocycles. The van der Waals surface area contributed by atoms with Gasteiger partial charge in [0.05, 0.1) is 37.0 Å². The average Bonchev–Trinajstić information content (AvgIpc) is 2.89. The number of rotatable bonds is 5. The maximum Gasteiger partial charge on any atom is 0.274 e. The zero-order valence-electron chi connectivity index (χ0n) is 19.6. The molecule has 2 fully saturated rings. The van der Waals surface area contributed by atoms with Crippen molar-refractivity contribution in [2.75, 3.05) is 61.1 Å². The van der Waals surface area contributed by atoms with E-state index in [9.17, 15) is 4.79 Å². The van der Waals surface area contributed by atoms with Gasteiger partial charge in [0.1, 0.15) is 11.5 Å². The van der Waals surface area contributed by atoms with Gasteiger partial charge in [0, 0.05) is 50.0 Å². The fraction of sp³-hybridized carbons (Fsp3) is 0.333. The van der Waals surface area contributed by atoms with Gasteiger partial charge < -0.3 is 19.9 Å². The summed E-state index contributed by atoms with van der Waals surface area (Å²) in [5, 5.41) is 2.98. The van der Waals surface area contributed by atoms with Crippen molar-refractivity contribution in [1.29, 1.82) is 0 Å². The van der Waals surface area contributed by atoms with Gasteiger partial charge in [-0.25, -0.2) is 4.98 Å².